The molecule has 0 saturated carbocycles. The molecular formula is C13H25N. The fourth-order valence-corrected chi connectivity index (χ4v) is 2.50. The highest BCUT2D eigenvalue weighted by molar-refractivity contribution is 5.01. The van der Waals surface area contributed by atoms with Gasteiger partial charge in [0, 0.05) is 18.3 Å². The first kappa shape index (κ1) is 11.6. The minimum atomic E-state index is 0.784. The molecule has 1 heterocycles. The van der Waals surface area contributed by atoms with E-state index in [-0.39, 0.29) is 0 Å². The highest BCUT2D eigenvalue weighted by atomic mass is 15.2. The molecule has 1 unspecified atom stereocenters. The van der Waals surface area contributed by atoms with E-state index in [4.69, 9.17) is 0 Å². The molecule has 0 amide bonds. The maximum atomic E-state index is 2.62. The Hall–Kier alpha value is -0.460. The molecule has 1 aliphatic rings. The zero-order valence-electron chi connectivity index (χ0n) is 10.2. The van der Waals surface area contributed by atoms with Crippen LogP contribution in [0.4, 0.5) is 0 Å². The van der Waals surface area contributed by atoms with Gasteiger partial charge in [0.1, 0.15) is 0 Å². The first-order valence-electron chi connectivity index (χ1n) is 6.10. The van der Waals surface area contributed by atoms with Gasteiger partial charge in [0.15, 0.2) is 0 Å². The van der Waals surface area contributed by atoms with Gasteiger partial charge in [0.05, 0.1) is 0 Å². The van der Waals surface area contributed by atoms with E-state index in [2.05, 4.69) is 38.7 Å². The Balaban J connectivity index is 2.67. The summed E-state index contributed by atoms with van der Waals surface area (Å²) in [5.41, 5.74) is 1.49. The summed E-state index contributed by atoms with van der Waals surface area (Å²) in [5.74, 6) is 0.788. The molecule has 1 atom stereocenters. The highest BCUT2D eigenvalue weighted by Crippen LogP contribution is 2.26. The van der Waals surface area contributed by atoms with Crippen molar-refractivity contribution >= 4 is 0 Å². The largest absolute Gasteiger partial charge is 0.372 e. The summed E-state index contributed by atoms with van der Waals surface area (Å²) in [6, 6.07) is 0.784. The number of piperidine rings is 1. The van der Waals surface area contributed by atoms with Gasteiger partial charge in [-0.3, -0.25) is 0 Å². The van der Waals surface area contributed by atoms with Crippen LogP contribution in [-0.2, 0) is 0 Å². The van der Waals surface area contributed by atoms with Crippen LogP contribution in [0.25, 0.3) is 0 Å². The van der Waals surface area contributed by atoms with Gasteiger partial charge in [0.25, 0.3) is 0 Å². The van der Waals surface area contributed by atoms with E-state index in [9.17, 15) is 0 Å². The third-order valence-corrected chi connectivity index (χ3v) is 3.27. The van der Waals surface area contributed by atoms with E-state index in [1.165, 1.54) is 31.5 Å². The van der Waals surface area contributed by atoms with Crippen molar-refractivity contribution in [2.24, 2.45) is 5.92 Å². The molecule has 0 aromatic rings. The summed E-state index contributed by atoms with van der Waals surface area (Å²) in [6.07, 6.45) is 7.69. The van der Waals surface area contributed by atoms with Crippen LogP contribution in [0.5, 0.6) is 0 Å². The molecule has 1 rings (SSSR count). The first-order chi connectivity index (χ1) is 6.66. The van der Waals surface area contributed by atoms with Crippen LogP contribution in [0.1, 0.15) is 53.4 Å². The average molecular weight is 195 g/mol. The second-order valence-electron chi connectivity index (χ2n) is 4.75. The summed E-state index contributed by atoms with van der Waals surface area (Å²) in [7, 11) is 0. The van der Waals surface area contributed by atoms with Crippen LogP contribution in [0.2, 0.25) is 0 Å². The third-order valence-electron chi connectivity index (χ3n) is 3.27. The van der Waals surface area contributed by atoms with Crippen LogP contribution in [-0.4, -0.2) is 17.5 Å². The summed E-state index contributed by atoms with van der Waals surface area (Å²) < 4.78 is 0. The SMILES string of the molecule is CC/C=C(/C)N1CCCCC1C(C)C. The molecule has 0 spiro atoms. The lowest BCUT2D eigenvalue weighted by Crippen LogP contribution is -2.41. The maximum Gasteiger partial charge on any atom is 0.0309 e. The molecule has 0 bridgehead atoms. The number of rotatable bonds is 3. The number of nitrogens with zero attached hydrogens (tertiary/aromatic N) is 1. The number of allylic oxidation sites excluding steroid dienone is 2. The summed E-state index contributed by atoms with van der Waals surface area (Å²) in [5, 5.41) is 0. The minimum absolute atomic E-state index is 0.784. The second-order valence-corrected chi connectivity index (χ2v) is 4.75. The van der Waals surface area contributed by atoms with E-state index < -0.39 is 0 Å². The van der Waals surface area contributed by atoms with Crippen molar-refractivity contribution in [1.29, 1.82) is 0 Å². The van der Waals surface area contributed by atoms with E-state index in [1.807, 2.05) is 0 Å². The van der Waals surface area contributed by atoms with Gasteiger partial charge < -0.3 is 4.90 Å². The lowest BCUT2D eigenvalue weighted by atomic mass is 9.92. The monoisotopic (exact) mass is 195 g/mol. The predicted octanol–water partition coefficient (Wildman–Crippen LogP) is 3.81. The smallest absolute Gasteiger partial charge is 0.0309 e. The van der Waals surface area contributed by atoms with Gasteiger partial charge >= 0.3 is 0 Å². The Kier molecular flexibility index (Phi) is 4.50. The lowest BCUT2D eigenvalue weighted by Gasteiger charge is -2.40. The number of hydrogen-bond donors (Lipinski definition) is 0. The molecule has 0 aromatic carbocycles. The van der Waals surface area contributed by atoms with Gasteiger partial charge in [-0.1, -0.05) is 26.8 Å². The van der Waals surface area contributed by atoms with Gasteiger partial charge in [-0.05, 0) is 38.5 Å². The first-order valence-corrected chi connectivity index (χ1v) is 6.10. The molecule has 0 N–H and O–H groups in total. The Labute approximate surface area is 89.2 Å². The molecule has 82 valence electrons. The third kappa shape index (κ3) is 2.76. The Morgan fingerprint density at radius 1 is 1.43 bits per heavy atom. The Morgan fingerprint density at radius 2 is 2.14 bits per heavy atom. The molecule has 1 nitrogen and oxygen atoms in total. The zero-order chi connectivity index (χ0) is 10.6. The van der Waals surface area contributed by atoms with Crippen molar-refractivity contribution < 1.29 is 0 Å². The molecule has 14 heavy (non-hydrogen) atoms. The molecule has 0 aromatic heterocycles. The molecule has 1 fully saturated rings. The van der Waals surface area contributed by atoms with Crippen LogP contribution < -0.4 is 0 Å². The van der Waals surface area contributed by atoms with E-state index in [1.54, 1.807) is 0 Å². The van der Waals surface area contributed by atoms with Crippen molar-refractivity contribution in [3.63, 3.8) is 0 Å². The summed E-state index contributed by atoms with van der Waals surface area (Å²) in [4.78, 5) is 2.62. The van der Waals surface area contributed by atoms with E-state index in [0.717, 1.165) is 18.4 Å². The minimum Gasteiger partial charge on any atom is -0.372 e. The Morgan fingerprint density at radius 3 is 2.71 bits per heavy atom. The van der Waals surface area contributed by atoms with Gasteiger partial charge in [-0.15, -0.1) is 0 Å². The maximum absolute atomic E-state index is 2.62. The zero-order valence-corrected chi connectivity index (χ0v) is 10.2. The molecule has 1 aliphatic heterocycles. The van der Waals surface area contributed by atoms with Crippen LogP contribution >= 0.6 is 0 Å². The predicted molar refractivity (Wildman–Crippen MR) is 63.2 cm³/mol. The van der Waals surface area contributed by atoms with Gasteiger partial charge in [0.2, 0.25) is 0 Å². The normalized spacial score (nSPS) is 24.5. The summed E-state index contributed by atoms with van der Waals surface area (Å²) in [6.45, 7) is 10.5. The fourth-order valence-electron chi connectivity index (χ4n) is 2.50. The molecule has 0 aliphatic carbocycles. The number of hydrogen-bond acceptors (Lipinski definition) is 1. The van der Waals surface area contributed by atoms with Crippen LogP contribution in [0, 0.1) is 5.92 Å². The topological polar surface area (TPSA) is 3.24 Å². The number of likely N-dealkylation sites (tertiary alicyclic amines) is 1. The van der Waals surface area contributed by atoms with Crippen molar-refractivity contribution in [1.82, 2.24) is 4.90 Å². The molecule has 1 heteroatoms. The quantitative estimate of drug-likeness (QED) is 0.662. The fraction of sp³-hybridized carbons (Fsp3) is 0.846. The van der Waals surface area contributed by atoms with Crippen LogP contribution in [0.15, 0.2) is 11.8 Å². The summed E-state index contributed by atoms with van der Waals surface area (Å²) >= 11 is 0. The Bertz CT molecular complexity index is 193. The van der Waals surface area contributed by atoms with Gasteiger partial charge in [-0.25, -0.2) is 0 Å². The standard InChI is InChI=1S/C13H25N/c1-5-8-12(4)14-10-7-6-9-13(14)11(2)3/h8,11,13H,5-7,9-10H2,1-4H3/b12-8-. The van der Waals surface area contributed by atoms with Gasteiger partial charge in [-0.2, -0.15) is 0 Å². The molecular weight excluding hydrogens is 170 g/mol. The van der Waals surface area contributed by atoms with Crippen molar-refractivity contribution in [3.05, 3.63) is 11.8 Å². The second kappa shape index (κ2) is 5.43. The van der Waals surface area contributed by atoms with Crippen LogP contribution in [0.3, 0.4) is 0 Å². The highest BCUT2D eigenvalue weighted by Gasteiger charge is 2.24. The van der Waals surface area contributed by atoms with E-state index >= 15 is 0 Å². The van der Waals surface area contributed by atoms with E-state index in [0.29, 0.717) is 0 Å². The van der Waals surface area contributed by atoms with Crippen molar-refractivity contribution in [2.45, 2.75) is 59.4 Å². The molecule has 0 radical (unpaired) electrons. The van der Waals surface area contributed by atoms with Crippen molar-refractivity contribution in [3.8, 4) is 0 Å². The van der Waals surface area contributed by atoms with Crippen molar-refractivity contribution in [2.75, 3.05) is 6.54 Å². The lowest BCUT2D eigenvalue weighted by molar-refractivity contribution is 0.151. The molecule has 1 saturated heterocycles. The average Bonchev–Trinajstić information content (AvgIpc) is 2.18.